The summed E-state index contributed by atoms with van der Waals surface area (Å²) >= 11 is 1.75. The summed E-state index contributed by atoms with van der Waals surface area (Å²) in [6, 6.07) is 2.02. The first-order chi connectivity index (χ1) is 8.74. The summed E-state index contributed by atoms with van der Waals surface area (Å²) in [5.74, 6) is 0. The molecular weight excluding hydrogens is 244 g/mol. The Morgan fingerprint density at radius 3 is 2.83 bits per heavy atom. The highest BCUT2D eigenvalue weighted by atomic mass is 32.1. The average molecular weight is 264 g/mol. The van der Waals surface area contributed by atoms with Crippen LogP contribution in [0, 0.1) is 0 Å². The largest absolute Gasteiger partial charge is 0.312 e. The molecule has 0 aliphatic heterocycles. The van der Waals surface area contributed by atoms with Gasteiger partial charge in [0.05, 0.1) is 5.69 Å². The Kier molecular flexibility index (Phi) is 4.49. The van der Waals surface area contributed by atoms with Crippen molar-refractivity contribution in [1.29, 1.82) is 0 Å². The van der Waals surface area contributed by atoms with Gasteiger partial charge >= 0.3 is 0 Å². The van der Waals surface area contributed by atoms with Crippen molar-refractivity contribution in [2.24, 2.45) is 7.05 Å². The van der Waals surface area contributed by atoms with Gasteiger partial charge in [0.15, 0.2) is 0 Å². The summed E-state index contributed by atoms with van der Waals surface area (Å²) in [4.78, 5) is 6.03. The van der Waals surface area contributed by atoms with Crippen LogP contribution in [0.4, 0.5) is 0 Å². The predicted molar refractivity (Wildman–Crippen MR) is 75.7 cm³/mol. The topological polar surface area (TPSA) is 42.7 Å². The molecule has 0 saturated heterocycles. The lowest BCUT2D eigenvalue weighted by Crippen LogP contribution is -2.13. The first-order valence-corrected chi connectivity index (χ1v) is 7.25. The van der Waals surface area contributed by atoms with Crippen molar-refractivity contribution in [2.45, 2.75) is 33.2 Å². The molecule has 0 spiro atoms. The number of nitrogens with one attached hydrogen (secondary N) is 1. The third-order valence-corrected chi connectivity index (χ3v) is 3.88. The maximum absolute atomic E-state index is 4.69. The van der Waals surface area contributed by atoms with Crippen molar-refractivity contribution in [1.82, 2.24) is 20.1 Å². The zero-order chi connectivity index (χ0) is 13.0. The molecule has 4 nitrogen and oxygen atoms in total. The third-order valence-electron chi connectivity index (χ3n) is 2.76. The van der Waals surface area contributed by atoms with Gasteiger partial charge in [0.2, 0.25) is 0 Å². The molecule has 0 radical (unpaired) electrons. The summed E-state index contributed by atoms with van der Waals surface area (Å²) < 4.78 is 1.82. The van der Waals surface area contributed by atoms with Gasteiger partial charge in [0.1, 0.15) is 10.7 Å². The normalized spacial score (nSPS) is 11.1. The molecule has 2 rings (SSSR count). The minimum absolute atomic E-state index is 0.918. The minimum Gasteiger partial charge on any atom is -0.312 e. The Bertz CT molecular complexity index is 501. The van der Waals surface area contributed by atoms with E-state index in [1.165, 1.54) is 10.6 Å². The highest BCUT2D eigenvalue weighted by Gasteiger charge is 2.12. The zero-order valence-electron chi connectivity index (χ0n) is 11.2. The van der Waals surface area contributed by atoms with E-state index in [-0.39, 0.29) is 0 Å². The molecule has 2 heterocycles. The van der Waals surface area contributed by atoms with Crippen LogP contribution >= 0.6 is 11.3 Å². The molecule has 0 aromatic carbocycles. The molecule has 0 unspecified atom stereocenters. The smallest absolute Gasteiger partial charge is 0.144 e. The fourth-order valence-corrected chi connectivity index (χ4v) is 2.90. The molecule has 1 N–H and O–H groups in total. The van der Waals surface area contributed by atoms with Crippen LogP contribution < -0.4 is 5.32 Å². The maximum Gasteiger partial charge on any atom is 0.144 e. The van der Waals surface area contributed by atoms with E-state index in [0.29, 0.717) is 0 Å². The van der Waals surface area contributed by atoms with Crippen LogP contribution in [0.2, 0.25) is 0 Å². The summed E-state index contributed by atoms with van der Waals surface area (Å²) in [6.45, 7) is 6.31. The second-order valence-electron chi connectivity index (χ2n) is 4.29. The summed E-state index contributed by atoms with van der Waals surface area (Å²) in [6.07, 6.45) is 4.09. The van der Waals surface area contributed by atoms with Gasteiger partial charge in [-0.25, -0.2) is 4.98 Å². The van der Waals surface area contributed by atoms with E-state index in [9.17, 15) is 0 Å². The predicted octanol–water partition coefficient (Wildman–Crippen LogP) is 2.61. The number of hydrogen-bond donors (Lipinski definition) is 1. The van der Waals surface area contributed by atoms with Crippen molar-refractivity contribution in [3.63, 3.8) is 0 Å². The maximum atomic E-state index is 4.69. The number of aryl methyl sites for hydroxylation is 2. The molecule has 0 amide bonds. The molecule has 2 aromatic heterocycles. The van der Waals surface area contributed by atoms with Crippen LogP contribution in [-0.4, -0.2) is 21.3 Å². The van der Waals surface area contributed by atoms with Crippen LogP contribution in [-0.2, 0) is 20.0 Å². The second-order valence-corrected chi connectivity index (χ2v) is 5.38. The third kappa shape index (κ3) is 2.97. The van der Waals surface area contributed by atoms with Crippen molar-refractivity contribution >= 4 is 11.3 Å². The van der Waals surface area contributed by atoms with Crippen LogP contribution in [0.25, 0.3) is 10.7 Å². The molecule has 0 aliphatic rings. The van der Waals surface area contributed by atoms with Gasteiger partial charge in [0.25, 0.3) is 0 Å². The van der Waals surface area contributed by atoms with E-state index in [2.05, 4.69) is 24.3 Å². The fraction of sp³-hybridized carbons (Fsp3) is 0.538. The lowest BCUT2D eigenvalue weighted by molar-refractivity contribution is 0.676. The molecule has 0 saturated carbocycles. The van der Waals surface area contributed by atoms with Crippen LogP contribution in [0.15, 0.2) is 12.3 Å². The average Bonchev–Trinajstić information content (AvgIpc) is 2.95. The monoisotopic (exact) mass is 264 g/mol. The standard InChI is InChI=1S/C13H20N4S/c1-4-7-14-9-12-10(5-2)15-13(18-12)11-6-8-17(3)16-11/h6,8,14H,4-5,7,9H2,1-3H3. The number of nitrogens with zero attached hydrogens (tertiary/aromatic N) is 3. The second kappa shape index (κ2) is 6.11. The van der Waals surface area contributed by atoms with Gasteiger partial charge in [0, 0.05) is 24.7 Å². The Labute approximate surface area is 112 Å². The first-order valence-electron chi connectivity index (χ1n) is 6.43. The molecule has 98 valence electrons. The van der Waals surface area contributed by atoms with Crippen molar-refractivity contribution in [2.75, 3.05) is 6.54 Å². The van der Waals surface area contributed by atoms with Gasteiger partial charge < -0.3 is 5.32 Å². The Hall–Kier alpha value is -1.20. The summed E-state index contributed by atoms with van der Waals surface area (Å²) in [7, 11) is 1.93. The van der Waals surface area contributed by atoms with E-state index in [0.717, 1.165) is 36.6 Å². The first kappa shape index (κ1) is 13.2. The van der Waals surface area contributed by atoms with E-state index in [1.807, 2.05) is 24.0 Å². The Morgan fingerprint density at radius 1 is 1.39 bits per heavy atom. The summed E-state index contributed by atoms with van der Waals surface area (Å²) in [5.41, 5.74) is 2.17. The van der Waals surface area contributed by atoms with Gasteiger partial charge in [-0.15, -0.1) is 11.3 Å². The number of thiazole rings is 1. The molecule has 0 fully saturated rings. The quantitative estimate of drug-likeness (QED) is 0.816. The van der Waals surface area contributed by atoms with Crippen LogP contribution in [0.3, 0.4) is 0 Å². The van der Waals surface area contributed by atoms with Crippen molar-refractivity contribution in [3.05, 3.63) is 22.8 Å². The summed E-state index contributed by atoms with van der Waals surface area (Å²) in [5, 5.41) is 8.88. The lowest BCUT2D eigenvalue weighted by atomic mass is 10.3. The molecule has 0 bridgehead atoms. The van der Waals surface area contributed by atoms with E-state index < -0.39 is 0 Å². The highest BCUT2D eigenvalue weighted by Crippen LogP contribution is 2.27. The van der Waals surface area contributed by atoms with Crippen molar-refractivity contribution < 1.29 is 0 Å². The van der Waals surface area contributed by atoms with Gasteiger partial charge in [-0.1, -0.05) is 13.8 Å². The molecule has 18 heavy (non-hydrogen) atoms. The lowest BCUT2D eigenvalue weighted by Gasteiger charge is -2.01. The van der Waals surface area contributed by atoms with Gasteiger partial charge in [-0.2, -0.15) is 5.10 Å². The molecule has 0 aliphatic carbocycles. The van der Waals surface area contributed by atoms with E-state index in [4.69, 9.17) is 4.98 Å². The fourth-order valence-electron chi connectivity index (χ4n) is 1.82. The SMILES string of the molecule is CCCNCc1sc(-c2ccn(C)n2)nc1CC. The molecule has 0 atom stereocenters. The zero-order valence-corrected chi connectivity index (χ0v) is 12.0. The van der Waals surface area contributed by atoms with Gasteiger partial charge in [-0.3, -0.25) is 4.68 Å². The van der Waals surface area contributed by atoms with E-state index in [1.54, 1.807) is 11.3 Å². The molecule has 5 heteroatoms. The van der Waals surface area contributed by atoms with Crippen LogP contribution in [0.5, 0.6) is 0 Å². The van der Waals surface area contributed by atoms with Gasteiger partial charge in [-0.05, 0) is 25.5 Å². The van der Waals surface area contributed by atoms with Crippen molar-refractivity contribution in [3.8, 4) is 10.7 Å². The van der Waals surface area contributed by atoms with E-state index >= 15 is 0 Å². The van der Waals surface area contributed by atoms with Crippen LogP contribution in [0.1, 0.15) is 30.8 Å². The number of hydrogen-bond acceptors (Lipinski definition) is 4. The number of rotatable bonds is 6. The highest BCUT2D eigenvalue weighted by molar-refractivity contribution is 7.15. The minimum atomic E-state index is 0.918. The molecule has 2 aromatic rings. The Morgan fingerprint density at radius 2 is 2.22 bits per heavy atom. The molecular formula is C13H20N4S. The Balaban J connectivity index is 2.18. The number of aromatic nitrogens is 3.